The smallest absolute Gasteiger partial charge is 0.304 e. The molecule has 0 aromatic heterocycles. The quantitative estimate of drug-likeness (QED) is 0.128. The van der Waals surface area contributed by atoms with Crippen LogP contribution in [0.25, 0.3) is 0 Å². The highest BCUT2D eigenvalue weighted by atomic mass is 28.3. The fourth-order valence-corrected chi connectivity index (χ4v) is 13.9. The number of β-lactam (4-membered cyclic amide) rings is 1. The second-order valence-corrected chi connectivity index (χ2v) is 21.0. The highest BCUT2D eigenvalue weighted by Gasteiger charge is 2.66. The number of esters is 1. The number of carbonyl (C=O) groups excluding carboxylic acids is 4. The molecule has 12 heteroatoms. The standard InChI is InChI=1S/C45H49N3O8Si/c1-28-43(57(4,5)36-20-18-35(54-3)19-21-36)39(23-40(51)46-26-32-11-7-6-10-31(32)22-34(46)27-49)56-45(28)37-12-8-9-13-38(37)47(44(45)53)25-30-14-16-33(17-15-30)48-41(52)24-42(48)55-29(2)50/h6-21,28,34,39,42-43,49H,22-27H2,1-5H3/t28-,34+,39+,42?,43-,45+/m1/s1. The number of anilines is 2. The van der Waals surface area contributed by atoms with Crippen molar-refractivity contribution in [1.29, 1.82) is 0 Å². The Bertz CT molecular complexity index is 2210. The van der Waals surface area contributed by atoms with Gasteiger partial charge in [-0.3, -0.25) is 24.1 Å². The summed E-state index contributed by atoms with van der Waals surface area (Å²) in [4.78, 5) is 58.9. The van der Waals surface area contributed by atoms with Gasteiger partial charge in [0.05, 0.1) is 59.0 Å². The van der Waals surface area contributed by atoms with Crippen molar-refractivity contribution in [3.8, 4) is 5.75 Å². The van der Waals surface area contributed by atoms with E-state index in [-0.39, 0.29) is 61.2 Å². The summed E-state index contributed by atoms with van der Waals surface area (Å²) in [5.74, 6) is -0.401. The van der Waals surface area contributed by atoms with Crippen molar-refractivity contribution >= 4 is 48.3 Å². The first-order valence-corrected chi connectivity index (χ1v) is 22.7. The fourth-order valence-electron chi connectivity index (χ4n) is 9.88. The molecule has 0 bridgehead atoms. The van der Waals surface area contributed by atoms with E-state index in [1.54, 1.807) is 29.0 Å². The Balaban J connectivity index is 1.13. The van der Waals surface area contributed by atoms with Gasteiger partial charge in [0.15, 0.2) is 11.8 Å². The van der Waals surface area contributed by atoms with E-state index >= 15 is 4.79 Å². The number of ether oxygens (including phenoxy) is 3. The van der Waals surface area contributed by atoms with Crippen LogP contribution < -0.4 is 19.7 Å². The maximum absolute atomic E-state index is 15.3. The number of carbonyl (C=O) groups is 4. The molecule has 57 heavy (non-hydrogen) atoms. The molecule has 1 spiro atoms. The molecule has 4 aliphatic rings. The van der Waals surface area contributed by atoms with E-state index in [9.17, 15) is 19.5 Å². The Morgan fingerprint density at radius 3 is 2.26 bits per heavy atom. The minimum Gasteiger partial charge on any atom is -0.497 e. The number of aliphatic hydroxyl groups is 1. The van der Waals surface area contributed by atoms with E-state index in [0.717, 1.165) is 33.7 Å². The number of methoxy groups -OCH3 is 1. The first-order chi connectivity index (χ1) is 27.4. The zero-order valence-electron chi connectivity index (χ0n) is 33.0. The second-order valence-electron chi connectivity index (χ2n) is 16.3. The Labute approximate surface area is 334 Å². The third-order valence-corrected chi connectivity index (χ3v) is 17.1. The van der Waals surface area contributed by atoms with Gasteiger partial charge < -0.3 is 29.1 Å². The zero-order chi connectivity index (χ0) is 40.2. The van der Waals surface area contributed by atoms with Crippen LogP contribution in [0.4, 0.5) is 11.4 Å². The molecule has 4 heterocycles. The molecule has 1 unspecified atom stereocenters. The second kappa shape index (κ2) is 14.9. The van der Waals surface area contributed by atoms with Gasteiger partial charge >= 0.3 is 5.97 Å². The SMILES string of the molecule is COc1ccc([Si](C)(C)[C@H]2[C@H](CC(=O)N3Cc4ccccc4C[C@H]3CO)O[C@@]3(C(=O)N(Cc4ccc(N5C(=O)CC5OC(C)=O)cc4)c4ccccc43)[C@@H]2C)cc1. The number of benzene rings is 4. The van der Waals surface area contributed by atoms with E-state index in [4.69, 9.17) is 14.2 Å². The monoisotopic (exact) mass is 787 g/mol. The van der Waals surface area contributed by atoms with Crippen molar-refractivity contribution in [2.45, 2.75) is 88.8 Å². The molecule has 8 rings (SSSR count). The predicted octanol–water partition coefficient (Wildman–Crippen LogP) is 5.42. The van der Waals surface area contributed by atoms with E-state index in [0.29, 0.717) is 18.7 Å². The summed E-state index contributed by atoms with van der Waals surface area (Å²) in [6.45, 7) is 8.53. The molecule has 6 atom stereocenters. The summed E-state index contributed by atoms with van der Waals surface area (Å²) >= 11 is 0. The molecule has 4 aromatic carbocycles. The molecule has 4 aliphatic heterocycles. The number of amides is 3. The van der Waals surface area contributed by atoms with Gasteiger partial charge in [-0.25, -0.2) is 0 Å². The van der Waals surface area contributed by atoms with Gasteiger partial charge in [-0.1, -0.05) is 91.9 Å². The average molecular weight is 788 g/mol. The largest absolute Gasteiger partial charge is 0.497 e. The fraction of sp³-hybridized carbons (Fsp3) is 0.378. The van der Waals surface area contributed by atoms with Crippen LogP contribution in [-0.4, -0.2) is 73.9 Å². The van der Waals surface area contributed by atoms with Gasteiger partial charge in [-0.05, 0) is 59.0 Å². The molecule has 0 aliphatic carbocycles. The minimum absolute atomic E-state index is 0.0719. The van der Waals surface area contributed by atoms with Crippen LogP contribution in [0.5, 0.6) is 5.75 Å². The number of fused-ring (bicyclic) bond motifs is 3. The van der Waals surface area contributed by atoms with Gasteiger partial charge in [-0.15, -0.1) is 0 Å². The van der Waals surface area contributed by atoms with Crippen LogP contribution in [0.2, 0.25) is 18.6 Å². The zero-order valence-corrected chi connectivity index (χ0v) is 34.0. The molecule has 0 saturated carbocycles. The number of rotatable bonds is 10. The Hall–Kier alpha value is -5.30. The molecule has 1 N–H and O–H groups in total. The Kier molecular flexibility index (Phi) is 10.1. The molecule has 3 amide bonds. The van der Waals surface area contributed by atoms with Crippen LogP contribution in [-0.2, 0) is 53.8 Å². The normalized spacial score (nSPS) is 25.3. The van der Waals surface area contributed by atoms with Crippen LogP contribution in [0, 0.1) is 5.92 Å². The lowest BCUT2D eigenvalue weighted by atomic mass is 9.82. The predicted molar refractivity (Wildman–Crippen MR) is 217 cm³/mol. The van der Waals surface area contributed by atoms with Crippen LogP contribution >= 0.6 is 0 Å². The third kappa shape index (κ3) is 6.53. The number of para-hydroxylation sites is 1. The van der Waals surface area contributed by atoms with Crippen molar-refractivity contribution in [1.82, 2.24) is 4.90 Å². The van der Waals surface area contributed by atoms with Crippen LogP contribution in [0.1, 0.15) is 48.9 Å². The number of hydrogen-bond acceptors (Lipinski definition) is 8. The van der Waals surface area contributed by atoms with Crippen LogP contribution in [0.3, 0.4) is 0 Å². The number of nitrogens with zero attached hydrogens (tertiary/aromatic N) is 3. The van der Waals surface area contributed by atoms with E-state index < -0.39 is 32.0 Å². The minimum atomic E-state index is -2.52. The van der Waals surface area contributed by atoms with Crippen molar-refractivity contribution in [3.05, 3.63) is 119 Å². The van der Waals surface area contributed by atoms with E-state index in [1.165, 1.54) is 17.0 Å². The maximum atomic E-state index is 15.3. The van der Waals surface area contributed by atoms with Crippen molar-refractivity contribution in [2.75, 3.05) is 23.5 Å². The molecule has 296 valence electrons. The molecular formula is C45H49N3O8Si. The molecule has 2 fully saturated rings. The van der Waals surface area contributed by atoms with Crippen molar-refractivity contribution in [3.63, 3.8) is 0 Å². The third-order valence-electron chi connectivity index (χ3n) is 12.8. The van der Waals surface area contributed by atoms with Crippen molar-refractivity contribution in [2.24, 2.45) is 5.92 Å². The Morgan fingerprint density at radius 1 is 0.912 bits per heavy atom. The lowest BCUT2D eigenvalue weighted by Gasteiger charge is -2.39. The summed E-state index contributed by atoms with van der Waals surface area (Å²) in [5, 5.41) is 11.6. The molecule has 0 radical (unpaired) electrons. The highest BCUT2D eigenvalue weighted by Crippen LogP contribution is 2.60. The van der Waals surface area contributed by atoms with E-state index in [2.05, 4.69) is 38.2 Å². The topological polar surface area (TPSA) is 126 Å². The van der Waals surface area contributed by atoms with Gasteiger partial charge in [-0.2, -0.15) is 0 Å². The summed E-state index contributed by atoms with van der Waals surface area (Å²) in [6.07, 6.45) is -0.429. The summed E-state index contributed by atoms with van der Waals surface area (Å²) < 4.78 is 18.0. The highest BCUT2D eigenvalue weighted by molar-refractivity contribution is 6.91. The first-order valence-electron chi connectivity index (χ1n) is 19.7. The Morgan fingerprint density at radius 2 is 1.60 bits per heavy atom. The summed E-state index contributed by atoms with van der Waals surface area (Å²) in [7, 11) is -0.875. The summed E-state index contributed by atoms with van der Waals surface area (Å²) in [5.41, 5.74) is 3.73. The number of hydrogen-bond donors (Lipinski definition) is 1. The summed E-state index contributed by atoms with van der Waals surface area (Å²) in [6, 6.07) is 31.0. The lowest BCUT2D eigenvalue weighted by molar-refractivity contribution is -0.154. The van der Waals surface area contributed by atoms with Crippen LogP contribution in [0.15, 0.2) is 97.1 Å². The lowest BCUT2D eigenvalue weighted by Crippen LogP contribution is -2.54. The first kappa shape index (κ1) is 38.6. The van der Waals surface area contributed by atoms with Gasteiger partial charge in [0, 0.05) is 30.6 Å². The maximum Gasteiger partial charge on any atom is 0.304 e. The van der Waals surface area contributed by atoms with Gasteiger partial charge in [0.25, 0.3) is 5.91 Å². The van der Waals surface area contributed by atoms with E-state index in [1.807, 2.05) is 66.7 Å². The molecule has 2 saturated heterocycles. The average Bonchev–Trinajstić information content (AvgIpc) is 3.63. The number of aliphatic hydroxyl groups excluding tert-OH is 1. The molecule has 11 nitrogen and oxygen atoms in total. The van der Waals surface area contributed by atoms with Gasteiger partial charge in [0.2, 0.25) is 11.8 Å². The van der Waals surface area contributed by atoms with Crippen molar-refractivity contribution < 1.29 is 38.5 Å². The molecule has 4 aromatic rings. The molecular weight excluding hydrogens is 739 g/mol. The van der Waals surface area contributed by atoms with Gasteiger partial charge in [0.1, 0.15) is 5.75 Å².